The zero-order valence-electron chi connectivity index (χ0n) is 12.9. The number of ketones is 1. The van der Waals surface area contributed by atoms with Gasteiger partial charge < -0.3 is 14.2 Å². The summed E-state index contributed by atoms with van der Waals surface area (Å²) in [5, 5.41) is 10.7. The Morgan fingerprint density at radius 2 is 1.88 bits per heavy atom. The second-order valence-electron chi connectivity index (χ2n) is 4.65. The van der Waals surface area contributed by atoms with Crippen molar-refractivity contribution in [1.29, 1.82) is 0 Å². The monoisotopic (exact) mass is 351 g/mol. The second-order valence-corrected chi connectivity index (χ2v) is 5.06. The van der Waals surface area contributed by atoms with E-state index >= 15 is 0 Å². The first-order valence-electron chi connectivity index (χ1n) is 6.78. The number of carbonyl (C=O) groups excluding carboxylic acids is 1. The molecule has 2 rings (SSSR count). The Labute approximate surface area is 142 Å². The first kappa shape index (κ1) is 17.6. The molecule has 7 nitrogen and oxygen atoms in total. The van der Waals surface area contributed by atoms with E-state index in [-0.39, 0.29) is 28.8 Å². The van der Waals surface area contributed by atoms with Crippen molar-refractivity contribution < 1.29 is 23.9 Å². The highest BCUT2D eigenvalue weighted by Gasteiger charge is 2.16. The lowest BCUT2D eigenvalue weighted by molar-refractivity contribution is -0.384. The minimum Gasteiger partial charge on any atom is -0.497 e. The summed E-state index contributed by atoms with van der Waals surface area (Å²) in [6.45, 7) is -0.291. The van der Waals surface area contributed by atoms with Gasteiger partial charge in [0.15, 0.2) is 6.61 Å². The van der Waals surface area contributed by atoms with Gasteiger partial charge >= 0.3 is 0 Å². The first-order chi connectivity index (χ1) is 11.5. The van der Waals surface area contributed by atoms with Crippen molar-refractivity contribution in [1.82, 2.24) is 0 Å². The molecule has 126 valence electrons. The number of nitro benzene ring substituents is 1. The lowest BCUT2D eigenvalue weighted by atomic mass is 10.1. The third kappa shape index (κ3) is 3.94. The number of methoxy groups -OCH3 is 2. The fraction of sp³-hybridized carbons (Fsp3) is 0.188. The highest BCUT2D eigenvalue weighted by Crippen LogP contribution is 2.29. The van der Waals surface area contributed by atoms with Gasteiger partial charge in [0.05, 0.1) is 29.7 Å². The number of benzene rings is 2. The maximum atomic E-state index is 12.3. The summed E-state index contributed by atoms with van der Waals surface area (Å²) in [6, 6.07) is 8.55. The van der Waals surface area contributed by atoms with E-state index in [9.17, 15) is 14.9 Å². The number of nitrogens with zero attached hydrogens (tertiary/aromatic N) is 1. The molecular weight excluding hydrogens is 338 g/mol. The number of Topliss-reactive ketones (excluding diaryl/α,β-unsaturated/α-hetero) is 1. The highest BCUT2D eigenvalue weighted by atomic mass is 35.5. The summed E-state index contributed by atoms with van der Waals surface area (Å²) in [5.74, 6) is 0.771. The molecule has 0 unspecified atom stereocenters. The van der Waals surface area contributed by atoms with Crippen molar-refractivity contribution in [2.24, 2.45) is 0 Å². The molecule has 2 aromatic rings. The van der Waals surface area contributed by atoms with Gasteiger partial charge in [0, 0.05) is 18.2 Å². The summed E-state index contributed by atoms with van der Waals surface area (Å²) in [4.78, 5) is 22.4. The van der Waals surface area contributed by atoms with Gasteiger partial charge in [-0.05, 0) is 18.2 Å². The standard InChI is InChI=1S/C16H14ClNO6/c1-22-11-4-5-12(16(8-11)23-2)14(19)9-24-15-6-3-10(18(20)21)7-13(15)17/h3-8H,9H2,1-2H3. The Morgan fingerprint density at radius 1 is 1.12 bits per heavy atom. The summed E-state index contributed by atoms with van der Waals surface area (Å²) in [5.41, 5.74) is 0.173. The molecule has 0 spiro atoms. The predicted molar refractivity (Wildman–Crippen MR) is 87.5 cm³/mol. The van der Waals surface area contributed by atoms with Crippen molar-refractivity contribution in [3.8, 4) is 17.2 Å². The number of hydrogen-bond acceptors (Lipinski definition) is 6. The number of carbonyl (C=O) groups is 1. The van der Waals surface area contributed by atoms with Crippen LogP contribution in [0.25, 0.3) is 0 Å². The molecule has 0 saturated heterocycles. The van der Waals surface area contributed by atoms with Crippen molar-refractivity contribution in [2.75, 3.05) is 20.8 Å². The third-order valence-electron chi connectivity index (χ3n) is 3.19. The molecule has 0 atom stereocenters. The van der Waals surface area contributed by atoms with Crippen molar-refractivity contribution in [3.63, 3.8) is 0 Å². The predicted octanol–water partition coefficient (Wildman–Crippen LogP) is 3.53. The van der Waals surface area contributed by atoms with E-state index in [1.54, 1.807) is 18.2 Å². The van der Waals surface area contributed by atoms with Crippen LogP contribution in [0.2, 0.25) is 5.02 Å². The summed E-state index contributed by atoms with van der Waals surface area (Å²) in [6.07, 6.45) is 0. The van der Waals surface area contributed by atoms with Crippen LogP contribution < -0.4 is 14.2 Å². The van der Waals surface area contributed by atoms with E-state index < -0.39 is 4.92 Å². The molecule has 0 N–H and O–H groups in total. The van der Waals surface area contributed by atoms with E-state index in [0.717, 1.165) is 6.07 Å². The molecule has 0 aliphatic rings. The zero-order chi connectivity index (χ0) is 17.7. The van der Waals surface area contributed by atoms with Gasteiger partial charge in [0.25, 0.3) is 5.69 Å². The van der Waals surface area contributed by atoms with Crippen LogP contribution in [0.3, 0.4) is 0 Å². The van der Waals surface area contributed by atoms with Crippen molar-refractivity contribution >= 4 is 23.1 Å². The molecule has 0 fully saturated rings. The van der Waals surface area contributed by atoms with Gasteiger partial charge in [-0.25, -0.2) is 0 Å². The van der Waals surface area contributed by atoms with E-state index in [1.165, 1.54) is 26.4 Å². The van der Waals surface area contributed by atoms with Gasteiger partial charge in [0.2, 0.25) is 5.78 Å². The maximum absolute atomic E-state index is 12.3. The lowest BCUT2D eigenvalue weighted by Gasteiger charge is -2.11. The fourth-order valence-corrected chi connectivity index (χ4v) is 2.20. The average molecular weight is 352 g/mol. The average Bonchev–Trinajstić information content (AvgIpc) is 2.59. The zero-order valence-corrected chi connectivity index (χ0v) is 13.7. The Bertz CT molecular complexity index is 777. The Balaban J connectivity index is 2.12. The Kier molecular flexibility index (Phi) is 5.59. The van der Waals surface area contributed by atoms with E-state index in [2.05, 4.69) is 0 Å². The summed E-state index contributed by atoms with van der Waals surface area (Å²) in [7, 11) is 2.95. The first-order valence-corrected chi connectivity index (χ1v) is 7.16. The molecule has 0 aromatic heterocycles. The van der Waals surface area contributed by atoms with Crippen LogP contribution in [-0.4, -0.2) is 31.5 Å². The van der Waals surface area contributed by atoms with Crippen molar-refractivity contribution in [2.45, 2.75) is 0 Å². The largest absolute Gasteiger partial charge is 0.497 e. The van der Waals surface area contributed by atoms with Gasteiger partial charge in [-0.15, -0.1) is 0 Å². The minimum atomic E-state index is -0.566. The number of hydrogen-bond donors (Lipinski definition) is 0. The topological polar surface area (TPSA) is 87.9 Å². The van der Waals surface area contributed by atoms with Crippen LogP contribution >= 0.6 is 11.6 Å². The quantitative estimate of drug-likeness (QED) is 0.431. The SMILES string of the molecule is COc1ccc(C(=O)COc2ccc([N+](=O)[O-])cc2Cl)c(OC)c1. The minimum absolute atomic E-state index is 0.0543. The van der Waals surface area contributed by atoms with E-state index in [1.807, 2.05) is 0 Å². The van der Waals surface area contributed by atoms with E-state index in [0.29, 0.717) is 17.1 Å². The number of nitro groups is 1. The maximum Gasteiger partial charge on any atom is 0.271 e. The van der Waals surface area contributed by atoms with Gasteiger partial charge in [-0.3, -0.25) is 14.9 Å². The number of halogens is 1. The van der Waals surface area contributed by atoms with Gasteiger partial charge in [0.1, 0.15) is 17.2 Å². The van der Waals surface area contributed by atoms with Gasteiger partial charge in [-0.1, -0.05) is 11.6 Å². The highest BCUT2D eigenvalue weighted by molar-refractivity contribution is 6.32. The molecule has 0 saturated carbocycles. The summed E-state index contributed by atoms with van der Waals surface area (Å²) >= 11 is 5.92. The van der Waals surface area contributed by atoms with Crippen LogP contribution in [0, 0.1) is 10.1 Å². The molecule has 0 bridgehead atoms. The van der Waals surface area contributed by atoms with Crippen LogP contribution in [0.15, 0.2) is 36.4 Å². The molecule has 0 radical (unpaired) electrons. The molecule has 2 aromatic carbocycles. The van der Waals surface area contributed by atoms with Crippen molar-refractivity contribution in [3.05, 3.63) is 57.1 Å². The number of non-ortho nitro benzene ring substituents is 1. The normalized spacial score (nSPS) is 10.1. The number of rotatable bonds is 7. The summed E-state index contributed by atoms with van der Waals surface area (Å²) < 4.78 is 15.6. The fourth-order valence-electron chi connectivity index (χ4n) is 1.97. The Hall–Kier alpha value is -2.80. The number of ether oxygens (including phenoxy) is 3. The van der Waals surface area contributed by atoms with E-state index in [4.69, 9.17) is 25.8 Å². The lowest BCUT2D eigenvalue weighted by Crippen LogP contribution is -2.13. The van der Waals surface area contributed by atoms with Crippen LogP contribution in [0.4, 0.5) is 5.69 Å². The third-order valence-corrected chi connectivity index (χ3v) is 3.49. The molecule has 0 aliphatic heterocycles. The van der Waals surface area contributed by atoms with Crippen LogP contribution in [-0.2, 0) is 0 Å². The molecule has 8 heteroatoms. The second kappa shape index (κ2) is 7.65. The smallest absolute Gasteiger partial charge is 0.271 e. The molecule has 24 heavy (non-hydrogen) atoms. The Morgan fingerprint density at radius 3 is 2.46 bits per heavy atom. The van der Waals surface area contributed by atoms with Crippen LogP contribution in [0.5, 0.6) is 17.2 Å². The molecule has 0 heterocycles. The molecular formula is C16H14ClNO6. The molecule has 0 amide bonds. The molecule has 0 aliphatic carbocycles. The van der Waals surface area contributed by atoms with Gasteiger partial charge in [-0.2, -0.15) is 0 Å². The van der Waals surface area contributed by atoms with Crippen LogP contribution in [0.1, 0.15) is 10.4 Å².